The third kappa shape index (κ3) is 6.21. The molecule has 0 aliphatic rings. The Morgan fingerprint density at radius 3 is 2.39 bits per heavy atom. The molecule has 9 heteroatoms. The maximum atomic E-state index is 12.7. The van der Waals surface area contributed by atoms with Crippen LogP contribution in [0.5, 0.6) is 5.75 Å². The van der Waals surface area contributed by atoms with Gasteiger partial charge in [-0.15, -0.1) is 0 Å². The van der Waals surface area contributed by atoms with Crippen molar-refractivity contribution in [2.75, 3.05) is 5.32 Å². The van der Waals surface area contributed by atoms with Crippen molar-refractivity contribution in [3.63, 3.8) is 0 Å². The predicted octanol–water partition coefficient (Wildman–Crippen LogP) is 7.38. The number of aromatic nitrogens is 2. The van der Waals surface area contributed by atoms with Crippen LogP contribution in [0, 0.1) is 0 Å². The Hall–Kier alpha value is -2.70. The number of hydrogen-bond donors (Lipinski definition) is 1. The molecule has 5 nitrogen and oxygen atoms in total. The Morgan fingerprint density at radius 2 is 1.67 bits per heavy atom. The summed E-state index contributed by atoms with van der Waals surface area (Å²) in [6.07, 6.45) is 1.62. The lowest BCUT2D eigenvalue weighted by atomic mass is 10.1. The molecule has 168 valence electrons. The molecule has 1 heterocycles. The van der Waals surface area contributed by atoms with Crippen molar-refractivity contribution < 1.29 is 9.53 Å². The molecule has 0 fully saturated rings. The number of nitrogens with zero attached hydrogens (tertiary/aromatic N) is 2. The van der Waals surface area contributed by atoms with Crippen LogP contribution >= 0.6 is 46.4 Å². The molecule has 4 rings (SSSR count). The number of amides is 1. The summed E-state index contributed by atoms with van der Waals surface area (Å²) in [5, 5.41) is 9.10. The predicted molar refractivity (Wildman–Crippen MR) is 133 cm³/mol. The first-order valence-corrected chi connectivity index (χ1v) is 11.3. The van der Waals surface area contributed by atoms with E-state index in [9.17, 15) is 4.79 Å². The minimum Gasteiger partial charge on any atom is -0.489 e. The molecule has 0 saturated carbocycles. The van der Waals surface area contributed by atoms with E-state index in [1.165, 1.54) is 0 Å². The summed E-state index contributed by atoms with van der Waals surface area (Å²) < 4.78 is 7.32. The highest BCUT2D eigenvalue weighted by Gasteiger charge is 2.13. The summed E-state index contributed by atoms with van der Waals surface area (Å²) in [6.45, 7) is 0.735. The molecule has 0 unspecified atom stereocenters. The minimum atomic E-state index is -0.325. The molecule has 0 atom stereocenters. The van der Waals surface area contributed by atoms with Crippen LogP contribution in [0.2, 0.25) is 20.1 Å². The Morgan fingerprint density at radius 1 is 0.909 bits per heavy atom. The number of carbonyl (C=O) groups excluding carboxylic acids is 1. The summed E-state index contributed by atoms with van der Waals surface area (Å²) in [5.41, 5.74) is 2.20. The van der Waals surface area contributed by atoms with Gasteiger partial charge in [0, 0.05) is 26.8 Å². The Bertz CT molecular complexity index is 1290. The highest BCUT2D eigenvalue weighted by atomic mass is 35.5. The maximum Gasteiger partial charge on any atom is 0.256 e. The zero-order valence-electron chi connectivity index (χ0n) is 17.1. The van der Waals surface area contributed by atoms with Crippen molar-refractivity contribution in [1.82, 2.24) is 9.78 Å². The smallest absolute Gasteiger partial charge is 0.256 e. The molecular weight excluding hydrogens is 504 g/mol. The number of carbonyl (C=O) groups is 1. The van der Waals surface area contributed by atoms with Crippen LogP contribution in [0.1, 0.15) is 21.5 Å². The van der Waals surface area contributed by atoms with Crippen LogP contribution < -0.4 is 10.1 Å². The SMILES string of the molecule is O=C(Nc1nn(Cc2ccc(Cl)cc2Cl)cc1Cl)c1ccc(COc2cccc(Cl)c2)cc1. The molecule has 1 aromatic heterocycles. The summed E-state index contributed by atoms with van der Waals surface area (Å²) in [4.78, 5) is 12.7. The van der Waals surface area contributed by atoms with Crippen LogP contribution in [0.15, 0.2) is 72.9 Å². The second-order valence-electron chi connectivity index (χ2n) is 7.16. The van der Waals surface area contributed by atoms with Crippen LogP contribution in [-0.4, -0.2) is 15.7 Å². The highest BCUT2D eigenvalue weighted by molar-refractivity contribution is 6.35. The fourth-order valence-electron chi connectivity index (χ4n) is 3.04. The fourth-order valence-corrected chi connectivity index (χ4v) is 3.89. The normalized spacial score (nSPS) is 10.8. The Labute approximate surface area is 210 Å². The lowest BCUT2D eigenvalue weighted by molar-refractivity contribution is 0.102. The lowest BCUT2D eigenvalue weighted by Gasteiger charge is -2.08. The topological polar surface area (TPSA) is 56.2 Å². The van der Waals surface area contributed by atoms with Gasteiger partial charge >= 0.3 is 0 Å². The number of nitrogens with one attached hydrogen (secondary N) is 1. The van der Waals surface area contributed by atoms with Gasteiger partial charge in [-0.3, -0.25) is 9.48 Å². The zero-order chi connectivity index (χ0) is 23.4. The largest absolute Gasteiger partial charge is 0.489 e. The second-order valence-corrected chi connectivity index (χ2v) is 8.84. The zero-order valence-corrected chi connectivity index (χ0v) is 20.1. The van der Waals surface area contributed by atoms with Crippen molar-refractivity contribution in [1.29, 1.82) is 0 Å². The lowest BCUT2D eigenvalue weighted by Crippen LogP contribution is -2.13. The number of anilines is 1. The highest BCUT2D eigenvalue weighted by Crippen LogP contribution is 2.25. The standard InChI is InChI=1S/C24H17Cl4N3O2/c25-18-2-1-3-20(10-18)33-14-15-4-6-16(7-5-15)24(32)29-23-22(28)13-31(30-23)12-17-8-9-19(26)11-21(17)27/h1-11,13H,12,14H2,(H,29,30,32). The molecular formula is C24H17Cl4N3O2. The van der Waals surface area contributed by atoms with E-state index in [2.05, 4.69) is 10.4 Å². The first kappa shape index (κ1) is 23.5. The van der Waals surface area contributed by atoms with Crippen molar-refractivity contribution >= 4 is 58.1 Å². The van der Waals surface area contributed by atoms with Crippen LogP contribution in [0.4, 0.5) is 5.82 Å². The van der Waals surface area contributed by atoms with E-state index in [1.807, 2.05) is 30.3 Å². The van der Waals surface area contributed by atoms with E-state index in [-0.39, 0.29) is 11.7 Å². The molecule has 1 N–H and O–H groups in total. The molecule has 0 aliphatic carbocycles. The van der Waals surface area contributed by atoms with Gasteiger partial charge in [-0.1, -0.05) is 70.7 Å². The van der Waals surface area contributed by atoms with E-state index in [1.54, 1.807) is 47.3 Å². The first-order valence-electron chi connectivity index (χ1n) is 9.83. The van der Waals surface area contributed by atoms with Crippen LogP contribution in [0.25, 0.3) is 0 Å². The van der Waals surface area contributed by atoms with Gasteiger partial charge in [0.25, 0.3) is 5.91 Å². The van der Waals surface area contributed by atoms with Gasteiger partial charge in [0.2, 0.25) is 0 Å². The number of halogens is 4. The molecule has 0 radical (unpaired) electrons. The summed E-state index contributed by atoms with van der Waals surface area (Å²) in [7, 11) is 0. The molecule has 0 aliphatic heterocycles. The summed E-state index contributed by atoms with van der Waals surface area (Å²) in [5.74, 6) is 0.614. The number of hydrogen-bond acceptors (Lipinski definition) is 3. The third-order valence-electron chi connectivity index (χ3n) is 4.71. The number of ether oxygens (including phenoxy) is 1. The quantitative estimate of drug-likeness (QED) is 0.276. The summed E-state index contributed by atoms with van der Waals surface area (Å²) in [6, 6.07) is 19.5. The molecule has 0 saturated heterocycles. The number of rotatable bonds is 7. The maximum absolute atomic E-state index is 12.7. The molecule has 1 amide bonds. The van der Waals surface area contributed by atoms with E-state index in [4.69, 9.17) is 51.1 Å². The third-order valence-corrected chi connectivity index (χ3v) is 5.81. The van der Waals surface area contributed by atoms with Gasteiger partial charge < -0.3 is 10.1 Å². The van der Waals surface area contributed by atoms with Gasteiger partial charge in [0.1, 0.15) is 17.4 Å². The minimum absolute atomic E-state index is 0.264. The monoisotopic (exact) mass is 519 g/mol. The number of benzene rings is 3. The van der Waals surface area contributed by atoms with Crippen molar-refractivity contribution in [2.24, 2.45) is 0 Å². The van der Waals surface area contributed by atoms with E-state index in [0.717, 1.165) is 11.1 Å². The van der Waals surface area contributed by atoms with Gasteiger partial charge in [-0.25, -0.2) is 0 Å². The average molecular weight is 521 g/mol. The fraction of sp³-hybridized carbons (Fsp3) is 0.0833. The van der Waals surface area contributed by atoms with Gasteiger partial charge in [0.05, 0.1) is 6.54 Å². The first-order chi connectivity index (χ1) is 15.9. The molecule has 4 aromatic rings. The Balaban J connectivity index is 1.37. The van der Waals surface area contributed by atoms with E-state index in [0.29, 0.717) is 44.6 Å². The van der Waals surface area contributed by atoms with E-state index >= 15 is 0 Å². The van der Waals surface area contributed by atoms with Gasteiger partial charge in [-0.2, -0.15) is 5.10 Å². The molecule has 3 aromatic carbocycles. The molecule has 0 bridgehead atoms. The van der Waals surface area contributed by atoms with Crippen molar-refractivity contribution in [3.8, 4) is 5.75 Å². The van der Waals surface area contributed by atoms with Gasteiger partial charge in [-0.05, 0) is 53.6 Å². The van der Waals surface area contributed by atoms with E-state index < -0.39 is 0 Å². The molecule has 0 spiro atoms. The summed E-state index contributed by atoms with van der Waals surface area (Å²) >= 11 is 24.4. The van der Waals surface area contributed by atoms with Crippen LogP contribution in [-0.2, 0) is 13.2 Å². The average Bonchev–Trinajstić information content (AvgIpc) is 3.13. The Kier molecular flexibility index (Phi) is 7.46. The van der Waals surface area contributed by atoms with Gasteiger partial charge in [0.15, 0.2) is 5.82 Å². The second kappa shape index (κ2) is 10.5. The molecule has 33 heavy (non-hydrogen) atoms. The van der Waals surface area contributed by atoms with Crippen molar-refractivity contribution in [3.05, 3.63) is 110 Å². The van der Waals surface area contributed by atoms with Crippen molar-refractivity contribution in [2.45, 2.75) is 13.2 Å². The van der Waals surface area contributed by atoms with Crippen LogP contribution in [0.3, 0.4) is 0 Å².